The average Bonchev–Trinajstić information content (AvgIpc) is 3.07. The fraction of sp³-hybridized carbons (Fsp3) is 0.250. The van der Waals surface area contributed by atoms with Crippen molar-refractivity contribution in [3.63, 3.8) is 0 Å². The van der Waals surface area contributed by atoms with Gasteiger partial charge >= 0.3 is 0 Å². The topological polar surface area (TPSA) is 38.9 Å². The Balaban J connectivity index is 2.33. The molecule has 2 aromatic rings. The SMILES string of the molecule is Nc1cc(C2CC2)nc2c(Cl)c(Cl)ccc12. The first-order chi connectivity index (χ1) is 7.66. The van der Waals surface area contributed by atoms with Crippen LogP contribution in [0.25, 0.3) is 10.9 Å². The van der Waals surface area contributed by atoms with Gasteiger partial charge in [-0.2, -0.15) is 0 Å². The van der Waals surface area contributed by atoms with Crippen LogP contribution in [-0.2, 0) is 0 Å². The molecule has 2 nitrogen and oxygen atoms in total. The summed E-state index contributed by atoms with van der Waals surface area (Å²) in [4.78, 5) is 4.56. The normalized spacial score (nSPS) is 15.6. The highest BCUT2D eigenvalue weighted by Gasteiger charge is 2.26. The second-order valence-corrected chi connectivity index (χ2v) is 4.95. The lowest BCUT2D eigenvalue weighted by Crippen LogP contribution is -1.95. The summed E-state index contributed by atoms with van der Waals surface area (Å²) < 4.78 is 0. The minimum atomic E-state index is 0.494. The number of fused-ring (bicyclic) bond motifs is 1. The van der Waals surface area contributed by atoms with Gasteiger partial charge in [-0.05, 0) is 31.0 Å². The van der Waals surface area contributed by atoms with Gasteiger partial charge in [0, 0.05) is 22.7 Å². The van der Waals surface area contributed by atoms with Crippen LogP contribution in [0, 0.1) is 0 Å². The quantitative estimate of drug-likeness (QED) is 0.834. The minimum Gasteiger partial charge on any atom is -0.398 e. The Morgan fingerprint density at radius 2 is 2.00 bits per heavy atom. The molecule has 1 saturated carbocycles. The van der Waals surface area contributed by atoms with Crippen molar-refractivity contribution in [2.24, 2.45) is 0 Å². The fourth-order valence-electron chi connectivity index (χ4n) is 1.87. The Morgan fingerprint density at radius 3 is 2.69 bits per heavy atom. The minimum absolute atomic E-state index is 0.494. The summed E-state index contributed by atoms with van der Waals surface area (Å²) in [6.07, 6.45) is 2.38. The van der Waals surface area contributed by atoms with E-state index < -0.39 is 0 Å². The van der Waals surface area contributed by atoms with Crippen LogP contribution in [0.3, 0.4) is 0 Å². The third-order valence-corrected chi connectivity index (χ3v) is 3.71. The van der Waals surface area contributed by atoms with E-state index in [-0.39, 0.29) is 0 Å². The van der Waals surface area contributed by atoms with Crippen molar-refractivity contribution in [2.45, 2.75) is 18.8 Å². The monoisotopic (exact) mass is 252 g/mol. The third-order valence-electron chi connectivity index (χ3n) is 2.92. The predicted octanol–water partition coefficient (Wildman–Crippen LogP) is 4.00. The van der Waals surface area contributed by atoms with Crippen LogP contribution >= 0.6 is 23.2 Å². The predicted molar refractivity (Wildman–Crippen MR) is 68.2 cm³/mol. The number of nitrogen functional groups attached to an aromatic ring is 1. The molecular weight excluding hydrogens is 243 g/mol. The van der Waals surface area contributed by atoms with Crippen LogP contribution in [0.2, 0.25) is 10.0 Å². The van der Waals surface area contributed by atoms with E-state index in [1.165, 1.54) is 12.8 Å². The molecule has 0 unspecified atom stereocenters. The number of benzene rings is 1. The van der Waals surface area contributed by atoms with Crippen molar-refractivity contribution in [3.8, 4) is 0 Å². The third kappa shape index (κ3) is 1.53. The standard InChI is InChI=1S/C12H10Cl2N2/c13-8-4-3-7-9(15)5-10(6-1-2-6)16-12(7)11(8)14/h3-6H,1-2H2,(H2,15,16). The highest BCUT2D eigenvalue weighted by atomic mass is 35.5. The molecule has 16 heavy (non-hydrogen) atoms. The molecule has 3 rings (SSSR count). The van der Waals surface area contributed by atoms with Crippen molar-refractivity contribution in [1.29, 1.82) is 0 Å². The zero-order valence-electron chi connectivity index (χ0n) is 8.50. The number of pyridine rings is 1. The molecule has 1 aromatic carbocycles. The Hall–Kier alpha value is -0.990. The van der Waals surface area contributed by atoms with Gasteiger partial charge in [0.2, 0.25) is 0 Å². The number of hydrogen-bond donors (Lipinski definition) is 1. The van der Waals surface area contributed by atoms with Gasteiger partial charge in [-0.15, -0.1) is 0 Å². The number of rotatable bonds is 1. The summed E-state index contributed by atoms with van der Waals surface area (Å²) in [6.45, 7) is 0. The van der Waals surface area contributed by atoms with Gasteiger partial charge in [0.15, 0.2) is 0 Å². The van der Waals surface area contributed by atoms with E-state index in [1.54, 1.807) is 6.07 Å². The second kappa shape index (κ2) is 3.51. The van der Waals surface area contributed by atoms with Crippen LogP contribution in [0.15, 0.2) is 18.2 Å². The molecule has 0 amide bonds. The van der Waals surface area contributed by atoms with Gasteiger partial charge in [-0.1, -0.05) is 23.2 Å². The van der Waals surface area contributed by atoms with Crippen LogP contribution in [-0.4, -0.2) is 4.98 Å². The first-order valence-electron chi connectivity index (χ1n) is 5.21. The second-order valence-electron chi connectivity index (χ2n) is 4.17. The maximum Gasteiger partial charge on any atom is 0.0927 e. The Labute approximate surface area is 103 Å². The highest BCUT2D eigenvalue weighted by Crippen LogP contribution is 2.42. The van der Waals surface area contributed by atoms with Crippen molar-refractivity contribution in [1.82, 2.24) is 4.98 Å². The van der Waals surface area contributed by atoms with Gasteiger partial charge in [0.05, 0.1) is 15.6 Å². The molecule has 0 saturated heterocycles. The number of hydrogen-bond acceptors (Lipinski definition) is 2. The zero-order valence-corrected chi connectivity index (χ0v) is 10.0. The Bertz CT molecular complexity index is 577. The molecule has 1 aliphatic rings. The lowest BCUT2D eigenvalue weighted by atomic mass is 10.1. The van der Waals surface area contributed by atoms with E-state index in [4.69, 9.17) is 28.9 Å². The highest BCUT2D eigenvalue weighted by molar-refractivity contribution is 6.45. The van der Waals surface area contributed by atoms with Gasteiger partial charge in [-0.3, -0.25) is 4.98 Å². The lowest BCUT2D eigenvalue weighted by molar-refractivity contribution is 1.05. The summed E-state index contributed by atoms with van der Waals surface area (Å²) in [6, 6.07) is 5.56. The molecule has 0 atom stereocenters. The van der Waals surface area contributed by atoms with Gasteiger partial charge in [0.1, 0.15) is 0 Å². The van der Waals surface area contributed by atoms with E-state index in [2.05, 4.69) is 4.98 Å². The number of aromatic nitrogens is 1. The number of halogens is 2. The number of anilines is 1. The molecule has 1 fully saturated rings. The van der Waals surface area contributed by atoms with Crippen LogP contribution in [0.4, 0.5) is 5.69 Å². The van der Waals surface area contributed by atoms with Crippen LogP contribution < -0.4 is 5.73 Å². The average molecular weight is 253 g/mol. The molecule has 2 N–H and O–H groups in total. The first-order valence-corrected chi connectivity index (χ1v) is 5.96. The molecule has 1 aliphatic carbocycles. The number of nitrogens with two attached hydrogens (primary N) is 1. The maximum absolute atomic E-state index is 6.15. The van der Waals surface area contributed by atoms with Crippen molar-refractivity contribution in [3.05, 3.63) is 33.9 Å². The fourth-order valence-corrected chi connectivity index (χ4v) is 2.23. The van der Waals surface area contributed by atoms with E-state index in [0.717, 1.165) is 22.3 Å². The van der Waals surface area contributed by atoms with Crippen molar-refractivity contribution in [2.75, 3.05) is 5.73 Å². The van der Waals surface area contributed by atoms with Gasteiger partial charge in [-0.25, -0.2) is 0 Å². The van der Waals surface area contributed by atoms with Crippen LogP contribution in [0.1, 0.15) is 24.5 Å². The molecular formula is C12H10Cl2N2. The lowest BCUT2D eigenvalue weighted by Gasteiger charge is -2.07. The van der Waals surface area contributed by atoms with E-state index in [0.29, 0.717) is 16.0 Å². The van der Waals surface area contributed by atoms with Crippen molar-refractivity contribution < 1.29 is 0 Å². The molecule has 0 spiro atoms. The largest absolute Gasteiger partial charge is 0.398 e. The zero-order chi connectivity index (χ0) is 11.3. The summed E-state index contributed by atoms with van der Waals surface area (Å²) in [7, 11) is 0. The van der Waals surface area contributed by atoms with Crippen molar-refractivity contribution >= 4 is 39.8 Å². The van der Waals surface area contributed by atoms with E-state index in [9.17, 15) is 0 Å². The van der Waals surface area contributed by atoms with E-state index in [1.807, 2.05) is 12.1 Å². The summed E-state index contributed by atoms with van der Waals surface area (Å²) >= 11 is 12.1. The molecule has 0 aliphatic heterocycles. The summed E-state index contributed by atoms with van der Waals surface area (Å²) in [5.41, 5.74) is 8.48. The van der Waals surface area contributed by atoms with Gasteiger partial charge in [0.25, 0.3) is 0 Å². The maximum atomic E-state index is 6.15. The first kappa shape index (κ1) is 10.2. The molecule has 1 aromatic heterocycles. The van der Waals surface area contributed by atoms with Crippen LogP contribution in [0.5, 0.6) is 0 Å². The van der Waals surface area contributed by atoms with Gasteiger partial charge < -0.3 is 5.73 Å². The molecule has 4 heteroatoms. The summed E-state index contributed by atoms with van der Waals surface area (Å²) in [5.74, 6) is 0.557. The smallest absolute Gasteiger partial charge is 0.0927 e. The Morgan fingerprint density at radius 1 is 1.25 bits per heavy atom. The molecule has 0 radical (unpaired) electrons. The summed E-state index contributed by atoms with van der Waals surface area (Å²) in [5, 5.41) is 1.89. The molecule has 1 heterocycles. The Kier molecular flexibility index (Phi) is 2.23. The molecule has 0 bridgehead atoms. The number of nitrogens with zero attached hydrogens (tertiary/aromatic N) is 1. The van der Waals surface area contributed by atoms with E-state index >= 15 is 0 Å². The molecule has 82 valence electrons.